The SMILES string of the molecule is Cc1c(C(=O)OCc2csc(Nc3ccccc3)n2)cnn1-c1ccccn1. The number of rotatable bonds is 6. The van der Waals surface area contributed by atoms with Gasteiger partial charge in [0.05, 0.1) is 17.6 Å². The Morgan fingerprint density at radius 1 is 1.18 bits per heavy atom. The van der Waals surface area contributed by atoms with Crippen LogP contribution in [0.1, 0.15) is 21.7 Å². The smallest absolute Gasteiger partial charge is 0.342 e. The molecular formula is C20H17N5O2S. The number of hydrogen-bond donors (Lipinski definition) is 1. The number of benzene rings is 1. The predicted octanol–water partition coefficient (Wildman–Crippen LogP) is 4.13. The summed E-state index contributed by atoms with van der Waals surface area (Å²) in [5, 5.41) is 10.1. The Hall–Kier alpha value is -3.52. The summed E-state index contributed by atoms with van der Waals surface area (Å²) < 4.78 is 7.02. The van der Waals surface area contributed by atoms with Crippen molar-refractivity contribution in [1.29, 1.82) is 0 Å². The Morgan fingerprint density at radius 2 is 2.00 bits per heavy atom. The molecular weight excluding hydrogens is 374 g/mol. The topological polar surface area (TPSA) is 81.9 Å². The average Bonchev–Trinajstić information content (AvgIpc) is 3.34. The molecule has 3 heterocycles. The zero-order valence-electron chi connectivity index (χ0n) is 15.1. The highest BCUT2D eigenvalue weighted by molar-refractivity contribution is 7.13. The van der Waals surface area contributed by atoms with Gasteiger partial charge in [-0.05, 0) is 31.2 Å². The normalized spacial score (nSPS) is 10.6. The molecule has 1 N–H and O–H groups in total. The highest BCUT2D eigenvalue weighted by Gasteiger charge is 2.17. The van der Waals surface area contributed by atoms with E-state index in [2.05, 4.69) is 20.4 Å². The van der Waals surface area contributed by atoms with Crippen molar-refractivity contribution in [3.63, 3.8) is 0 Å². The molecule has 1 aromatic carbocycles. The van der Waals surface area contributed by atoms with Gasteiger partial charge in [-0.2, -0.15) is 5.10 Å². The minimum atomic E-state index is -0.440. The van der Waals surface area contributed by atoms with Gasteiger partial charge in [-0.25, -0.2) is 19.4 Å². The second-order valence-corrected chi connectivity index (χ2v) is 6.81. The van der Waals surface area contributed by atoms with Crippen LogP contribution in [0.2, 0.25) is 0 Å². The van der Waals surface area contributed by atoms with E-state index in [1.165, 1.54) is 17.5 Å². The molecule has 0 unspecified atom stereocenters. The van der Waals surface area contributed by atoms with E-state index in [0.29, 0.717) is 22.8 Å². The lowest BCUT2D eigenvalue weighted by Gasteiger charge is -2.05. The van der Waals surface area contributed by atoms with Gasteiger partial charge >= 0.3 is 5.97 Å². The molecule has 28 heavy (non-hydrogen) atoms. The van der Waals surface area contributed by atoms with Gasteiger partial charge < -0.3 is 10.1 Å². The fourth-order valence-corrected chi connectivity index (χ4v) is 3.33. The summed E-state index contributed by atoms with van der Waals surface area (Å²) in [6.07, 6.45) is 3.17. The second kappa shape index (κ2) is 8.01. The molecule has 0 aliphatic rings. The van der Waals surface area contributed by atoms with Gasteiger partial charge in [0.15, 0.2) is 10.9 Å². The molecule has 0 saturated carbocycles. The zero-order valence-corrected chi connectivity index (χ0v) is 15.9. The molecule has 0 saturated heterocycles. The number of aromatic nitrogens is 4. The molecule has 4 rings (SSSR count). The lowest BCUT2D eigenvalue weighted by molar-refractivity contribution is 0.0467. The van der Waals surface area contributed by atoms with Crippen LogP contribution in [-0.2, 0) is 11.3 Å². The lowest BCUT2D eigenvalue weighted by Crippen LogP contribution is -2.08. The maximum atomic E-state index is 12.4. The van der Waals surface area contributed by atoms with Crippen molar-refractivity contribution in [1.82, 2.24) is 19.7 Å². The Balaban J connectivity index is 1.39. The summed E-state index contributed by atoms with van der Waals surface area (Å²) in [4.78, 5) is 21.1. The zero-order chi connectivity index (χ0) is 19.3. The van der Waals surface area contributed by atoms with Crippen LogP contribution in [0.25, 0.3) is 5.82 Å². The number of ether oxygens (including phenoxy) is 1. The molecule has 0 bridgehead atoms. The number of anilines is 2. The van der Waals surface area contributed by atoms with Gasteiger partial charge in [0.2, 0.25) is 0 Å². The fourth-order valence-electron chi connectivity index (χ4n) is 2.61. The average molecular weight is 391 g/mol. The van der Waals surface area contributed by atoms with Crippen molar-refractivity contribution >= 4 is 28.1 Å². The first-order chi connectivity index (χ1) is 13.7. The molecule has 0 aliphatic carbocycles. The first kappa shape index (κ1) is 17.9. The van der Waals surface area contributed by atoms with E-state index >= 15 is 0 Å². The van der Waals surface area contributed by atoms with E-state index in [1.807, 2.05) is 60.8 Å². The Kier molecular flexibility index (Phi) is 5.11. The van der Waals surface area contributed by atoms with Crippen LogP contribution in [-0.4, -0.2) is 25.7 Å². The summed E-state index contributed by atoms with van der Waals surface area (Å²) in [5.74, 6) is 0.209. The lowest BCUT2D eigenvalue weighted by atomic mass is 10.2. The van der Waals surface area contributed by atoms with Gasteiger partial charge in [0.1, 0.15) is 12.2 Å². The van der Waals surface area contributed by atoms with E-state index in [1.54, 1.807) is 10.9 Å². The van der Waals surface area contributed by atoms with Crippen LogP contribution >= 0.6 is 11.3 Å². The highest BCUT2D eigenvalue weighted by Crippen LogP contribution is 2.21. The van der Waals surface area contributed by atoms with Crippen LogP contribution in [0.3, 0.4) is 0 Å². The third-order valence-electron chi connectivity index (χ3n) is 4.02. The third kappa shape index (κ3) is 3.91. The van der Waals surface area contributed by atoms with Gasteiger partial charge in [-0.1, -0.05) is 24.3 Å². The molecule has 0 radical (unpaired) electrons. The van der Waals surface area contributed by atoms with E-state index < -0.39 is 5.97 Å². The number of esters is 1. The van der Waals surface area contributed by atoms with Gasteiger partial charge in [-0.15, -0.1) is 11.3 Å². The molecule has 8 heteroatoms. The summed E-state index contributed by atoms with van der Waals surface area (Å²) in [6.45, 7) is 1.91. The van der Waals surface area contributed by atoms with Crippen LogP contribution in [0.5, 0.6) is 0 Å². The van der Waals surface area contributed by atoms with Gasteiger partial charge in [0, 0.05) is 17.3 Å². The summed E-state index contributed by atoms with van der Waals surface area (Å²) in [6, 6.07) is 15.3. The molecule has 3 aromatic heterocycles. The molecule has 0 spiro atoms. The maximum absolute atomic E-state index is 12.4. The van der Waals surface area contributed by atoms with Crippen LogP contribution in [0.15, 0.2) is 66.3 Å². The largest absolute Gasteiger partial charge is 0.455 e. The number of nitrogens with one attached hydrogen (secondary N) is 1. The number of hydrogen-bond acceptors (Lipinski definition) is 7. The molecule has 0 aliphatic heterocycles. The van der Waals surface area contributed by atoms with Gasteiger partial charge in [-0.3, -0.25) is 0 Å². The van der Waals surface area contributed by atoms with E-state index in [0.717, 1.165) is 10.8 Å². The van der Waals surface area contributed by atoms with E-state index in [9.17, 15) is 4.79 Å². The van der Waals surface area contributed by atoms with Crippen molar-refractivity contribution < 1.29 is 9.53 Å². The van der Waals surface area contributed by atoms with E-state index in [4.69, 9.17) is 4.74 Å². The Labute approximate surface area is 165 Å². The Bertz CT molecular complexity index is 1080. The van der Waals surface area contributed by atoms with Gasteiger partial charge in [0.25, 0.3) is 0 Å². The van der Waals surface area contributed by atoms with Crippen LogP contribution in [0.4, 0.5) is 10.8 Å². The molecule has 0 fully saturated rings. The molecule has 0 amide bonds. The standard InChI is InChI=1S/C20H17N5O2S/c1-14-17(11-22-25(14)18-9-5-6-10-21-18)19(26)27-12-16-13-28-20(24-16)23-15-7-3-2-4-8-15/h2-11,13H,12H2,1H3,(H,23,24). The first-order valence-electron chi connectivity index (χ1n) is 8.60. The number of pyridine rings is 1. The van der Waals surface area contributed by atoms with Crippen LogP contribution in [0, 0.1) is 6.92 Å². The molecule has 0 atom stereocenters. The highest BCUT2D eigenvalue weighted by atomic mass is 32.1. The minimum Gasteiger partial charge on any atom is -0.455 e. The predicted molar refractivity (Wildman–Crippen MR) is 107 cm³/mol. The number of thiazole rings is 1. The van der Waals surface area contributed by atoms with Crippen molar-refractivity contribution in [2.24, 2.45) is 0 Å². The van der Waals surface area contributed by atoms with Crippen molar-refractivity contribution in [3.8, 4) is 5.82 Å². The number of para-hydroxylation sites is 1. The van der Waals surface area contributed by atoms with Crippen LogP contribution < -0.4 is 5.32 Å². The monoisotopic (exact) mass is 391 g/mol. The summed E-state index contributed by atoms with van der Waals surface area (Å²) >= 11 is 1.46. The fraction of sp³-hybridized carbons (Fsp3) is 0.100. The summed E-state index contributed by atoms with van der Waals surface area (Å²) in [5.41, 5.74) is 2.72. The molecule has 140 valence electrons. The number of carbonyl (C=O) groups excluding carboxylic acids is 1. The quantitative estimate of drug-likeness (QED) is 0.498. The third-order valence-corrected chi connectivity index (χ3v) is 4.83. The number of nitrogens with zero attached hydrogens (tertiary/aromatic N) is 4. The molecule has 4 aromatic rings. The molecule has 7 nitrogen and oxygen atoms in total. The minimum absolute atomic E-state index is 0.0972. The van der Waals surface area contributed by atoms with Crippen molar-refractivity contribution in [2.45, 2.75) is 13.5 Å². The first-order valence-corrected chi connectivity index (χ1v) is 9.48. The van der Waals surface area contributed by atoms with Crippen molar-refractivity contribution in [3.05, 3.63) is 83.3 Å². The summed E-state index contributed by atoms with van der Waals surface area (Å²) in [7, 11) is 0. The maximum Gasteiger partial charge on any atom is 0.342 e. The Morgan fingerprint density at radius 3 is 2.79 bits per heavy atom. The second-order valence-electron chi connectivity index (χ2n) is 5.95. The van der Waals surface area contributed by atoms with E-state index in [-0.39, 0.29) is 6.61 Å². The van der Waals surface area contributed by atoms with Crippen molar-refractivity contribution in [2.75, 3.05) is 5.32 Å². The number of carbonyl (C=O) groups is 1.